The molecule has 0 radical (unpaired) electrons. The van der Waals surface area contributed by atoms with Gasteiger partial charge in [0.1, 0.15) is 16.5 Å². The number of nitrogen functional groups attached to an aromatic ring is 1. The summed E-state index contributed by atoms with van der Waals surface area (Å²) in [6.07, 6.45) is 6.36. The van der Waals surface area contributed by atoms with Gasteiger partial charge < -0.3 is 5.73 Å². The van der Waals surface area contributed by atoms with E-state index in [1.54, 1.807) is 11.3 Å². The molecule has 18 heavy (non-hydrogen) atoms. The summed E-state index contributed by atoms with van der Waals surface area (Å²) in [7, 11) is 0. The van der Waals surface area contributed by atoms with Crippen molar-refractivity contribution in [3.8, 4) is 0 Å². The molecule has 0 saturated heterocycles. The first-order valence-corrected chi connectivity index (χ1v) is 7.66. The number of hydrogen-bond acceptors (Lipinski definition) is 4. The van der Waals surface area contributed by atoms with Crippen LogP contribution in [-0.4, -0.2) is 9.97 Å². The molecule has 0 spiro atoms. The predicted molar refractivity (Wildman–Crippen MR) is 76.8 cm³/mol. The van der Waals surface area contributed by atoms with Crippen LogP contribution in [-0.2, 0) is 0 Å². The van der Waals surface area contributed by atoms with Crippen LogP contribution in [0.5, 0.6) is 0 Å². The fourth-order valence-corrected chi connectivity index (χ4v) is 3.69. The summed E-state index contributed by atoms with van der Waals surface area (Å²) in [5.41, 5.74) is 6.02. The van der Waals surface area contributed by atoms with Crippen LogP contribution >= 0.6 is 11.3 Å². The Morgan fingerprint density at radius 1 is 1.28 bits per heavy atom. The van der Waals surface area contributed by atoms with Crippen LogP contribution in [0.1, 0.15) is 50.8 Å². The lowest BCUT2D eigenvalue weighted by Gasteiger charge is -2.26. The zero-order chi connectivity index (χ0) is 12.5. The van der Waals surface area contributed by atoms with Crippen LogP contribution in [0.25, 0.3) is 10.2 Å². The van der Waals surface area contributed by atoms with Crippen molar-refractivity contribution >= 4 is 27.4 Å². The van der Waals surface area contributed by atoms with E-state index in [0.717, 1.165) is 22.0 Å². The topological polar surface area (TPSA) is 51.8 Å². The molecule has 1 saturated carbocycles. The molecule has 3 rings (SSSR count). The molecule has 0 amide bonds. The SMILES string of the molecule is CCC1CCC(c2nc(N)c3ccsc3n2)CC1. The molecule has 4 heteroatoms. The Kier molecular flexibility index (Phi) is 3.20. The maximum Gasteiger partial charge on any atom is 0.135 e. The fraction of sp³-hybridized carbons (Fsp3) is 0.571. The summed E-state index contributed by atoms with van der Waals surface area (Å²) in [5, 5.41) is 3.04. The van der Waals surface area contributed by atoms with Crippen molar-refractivity contribution in [1.29, 1.82) is 0 Å². The van der Waals surface area contributed by atoms with Crippen molar-refractivity contribution in [2.24, 2.45) is 5.92 Å². The summed E-state index contributed by atoms with van der Waals surface area (Å²) < 4.78 is 0. The summed E-state index contributed by atoms with van der Waals surface area (Å²) in [5.74, 6) is 3.04. The second kappa shape index (κ2) is 4.84. The number of nitrogens with two attached hydrogens (primary N) is 1. The Morgan fingerprint density at radius 3 is 2.78 bits per heavy atom. The Bertz CT molecular complexity index is 541. The van der Waals surface area contributed by atoms with E-state index in [4.69, 9.17) is 10.7 Å². The van der Waals surface area contributed by atoms with Crippen molar-refractivity contribution in [3.63, 3.8) is 0 Å². The smallest absolute Gasteiger partial charge is 0.135 e. The third kappa shape index (κ3) is 2.09. The van der Waals surface area contributed by atoms with Crippen molar-refractivity contribution < 1.29 is 0 Å². The number of thiophene rings is 1. The molecule has 1 aliphatic carbocycles. The maximum atomic E-state index is 6.02. The summed E-state index contributed by atoms with van der Waals surface area (Å²) >= 11 is 1.65. The zero-order valence-electron chi connectivity index (χ0n) is 10.7. The predicted octanol–water partition coefficient (Wildman–Crippen LogP) is 3.96. The Balaban J connectivity index is 1.86. The number of hydrogen-bond donors (Lipinski definition) is 1. The van der Waals surface area contributed by atoms with Gasteiger partial charge in [0.25, 0.3) is 0 Å². The molecule has 2 aromatic rings. The highest BCUT2D eigenvalue weighted by Gasteiger charge is 2.24. The van der Waals surface area contributed by atoms with Crippen molar-refractivity contribution in [2.75, 3.05) is 5.73 Å². The monoisotopic (exact) mass is 261 g/mol. The van der Waals surface area contributed by atoms with Gasteiger partial charge >= 0.3 is 0 Å². The van der Waals surface area contributed by atoms with Crippen LogP contribution in [0.3, 0.4) is 0 Å². The van der Waals surface area contributed by atoms with Crippen LogP contribution < -0.4 is 5.73 Å². The highest BCUT2D eigenvalue weighted by Crippen LogP contribution is 2.36. The van der Waals surface area contributed by atoms with Gasteiger partial charge in [-0.2, -0.15) is 0 Å². The first-order valence-electron chi connectivity index (χ1n) is 6.78. The molecule has 0 unspecified atom stereocenters. The van der Waals surface area contributed by atoms with Gasteiger partial charge in [0.15, 0.2) is 0 Å². The highest BCUT2D eigenvalue weighted by molar-refractivity contribution is 7.16. The molecule has 0 aliphatic heterocycles. The van der Waals surface area contributed by atoms with Crippen molar-refractivity contribution in [1.82, 2.24) is 9.97 Å². The van der Waals surface area contributed by atoms with Crippen molar-refractivity contribution in [3.05, 3.63) is 17.3 Å². The van der Waals surface area contributed by atoms with E-state index in [0.29, 0.717) is 11.7 Å². The molecular weight excluding hydrogens is 242 g/mol. The maximum absolute atomic E-state index is 6.02. The molecule has 0 atom stereocenters. The van der Waals surface area contributed by atoms with Gasteiger partial charge in [-0.05, 0) is 43.0 Å². The van der Waals surface area contributed by atoms with Gasteiger partial charge in [0, 0.05) is 5.92 Å². The van der Waals surface area contributed by atoms with Crippen LogP contribution in [0.2, 0.25) is 0 Å². The minimum atomic E-state index is 0.515. The normalized spacial score (nSPS) is 24.5. The molecule has 2 aromatic heterocycles. The first-order chi connectivity index (χ1) is 8.78. The lowest BCUT2D eigenvalue weighted by atomic mass is 9.80. The summed E-state index contributed by atoms with van der Waals surface area (Å²) in [6.45, 7) is 2.29. The minimum Gasteiger partial charge on any atom is -0.383 e. The van der Waals surface area contributed by atoms with Gasteiger partial charge in [-0.15, -0.1) is 11.3 Å². The van der Waals surface area contributed by atoms with E-state index in [9.17, 15) is 0 Å². The molecule has 1 aliphatic rings. The number of fused-ring (bicyclic) bond motifs is 1. The van der Waals surface area contributed by atoms with Gasteiger partial charge in [-0.1, -0.05) is 13.3 Å². The highest BCUT2D eigenvalue weighted by atomic mass is 32.1. The molecule has 0 bridgehead atoms. The van der Waals surface area contributed by atoms with E-state index < -0.39 is 0 Å². The lowest BCUT2D eigenvalue weighted by molar-refractivity contribution is 0.312. The minimum absolute atomic E-state index is 0.515. The van der Waals surface area contributed by atoms with E-state index in [2.05, 4.69) is 11.9 Å². The van der Waals surface area contributed by atoms with Crippen molar-refractivity contribution in [2.45, 2.75) is 44.9 Å². The Labute approximate surface area is 111 Å². The fourth-order valence-electron chi connectivity index (χ4n) is 2.91. The van der Waals surface area contributed by atoms with Gasteiger partial charge in [-0.25, -0.2) is 9.97 Å². The largest absolute Gasteiger partial charge is 0.383 e. The lowest BCUT2D eigenvalue weighted by Crippen LogP contribution is -2.15. The van der Waals surface area contributed by atoms with Crippen LogP contribution in [0.4, 0.5) is 5.82 Å². The second-order valence-electron chi connectivity index (χ2n) is 5.23. The second-order valence-corrected chi connectivity index (χ2v) is 6.13. The van der Waals surface area contributed by atoms with E-state index in [1.165, 1.54) is 32.1 Å². The van der Waals surface area contributed by atoms with E-state index in [1.807, 2.05) is 11.4 Å². The molecule has 96 valence electrons. The summed E-state index contributed by atoms with van der Waals surface area (Å²) in [6, 6.07) is 2.01. The van der Waals surface area contributed by atoms with Crippen LogP contribution in [0, 0.1) is 5.92 Å². The number of aromatic nitrogens is 2. The molecule has 0 aromatic carbocycles. The van der Waals surface area contributed by atoms with Crippen LogP contribution in [0.15, 0.2) is 11.4 Å². The molecule has 3 nitrogen and oxygen atoms in total. The number of rotatable bonds is 2. The average molecular weight is 261 g/mol. The van der Waals surface area contributed by atoms with Gasteiger partial charge in [0.2, 0.25) is 0 Å². The van der Waals surface area contributed by atoms with E-state index in [-0.39, 0.29) is 0 Å². The Morgan fingerprint density at radius 2 is 2.06 bits per heavy atom. The first kappa shape index (κ1) is 11.9. The standard InChI is InChI=1S/C14H19N3S/c1-2-9-3-5-10(6-4-9)13-16-12(15)11-7-8-18-14(11)17-13/h7-10H,2-6H2,1H3,(H2,15,16,17). The average Bonchev–Trinajstić information content (AvgIpc) is 2.88. The summed E-state index contributed by atoms with van der Waals surface area (Å²) in [4.78, 5) is 10.3. The van der Waals surface area contributed by atoms with Gasteiger partial charge in [0.05, 0.1) is 5.39 Å². The molecular formula is C14H19N3S. The number of anilines is 1. The quantitative estimate of drug-likeness (QED) is 0.890. The molecule has 2 heterocycles. The molecule has 1 fully saturated rings. The number of nitrogens with zero attached hydrogens (tertiary/aromatic N) is 2. The third-order valence-electron chi connectivity index (χ3n) is 4.16. The molecule has 2 N–H and O–H groups in total. The zero-order valence-corrected chi connectivity index (χ0v) is 11.5. The Hall–Kier alpha value is -1.16. The van der Waals surface area contributed by atoms with Gasteiger partial charge in [-0.3, -0.25) is 0 Å². The third-order valence-corrected chi connectivity index (χ3v) is 4.97. The van der Waals surface area contributed by atoms with E-state index >= 15 is 0 Å².